The number of nitrogens with zero attached hydrogens (tertiary/aromatic N) is 4. The second-order valence-electron chi connectivity index (χ2n) is 8.43. The van der Waals surface area contributed by atoms with Gasteiger partial charge < -0.3 is 9.73 Å². The zero-order valence-corrected chi connectivity index (χ0v) is 20.5. The van der Waals surface area contributed by atoms with E-state index in [0.717, 1.165) is 49.4 Å². The van der Waals surface area contributed by atoms with Crippen LogP contribution in [0.15, 0.2) is 64.2 Å². The number of fused-ring (bicyclic) bond motifs is 1. The molecule has 0 aliphatic carbocycles. The SMILES string of the molecule is O=C(CSc1nnc(CCc2nc3ccccc3s2)o1)NC1CCN(Cc2ccccc2)CC1. The van der Waals surface area contributed by atoms with E-state index in [1.54, 1.807) is 11.3 Å². The molecule has 4 aromatic rings. The third-order valence-corrected chi connectivity index (χ3v) is 7.78. The van der Waals surface area contributed by atoms with Gasteiger partial charge in [-0.2, -0.15) is 0 Å². The fourth-order valence-corrected chi connectivity index (χ4v) is 5.67. The van der Waals surface area contributed by atoms with Crippen molar-refractivity contribution >= 4 is 39.2 Å². The molecule has 2 aromatic heterocycles. The zero-order valence-electron chi connectivity index (χ0n) is 18.9. The fourth-order valence-electron chi connectivity index (χ4n) is 4.11. The molecular weight excluding hydrogens is 466 g/mol. The number of thiazole rings is 1. The van der Waals surface area contributed by atoms with Crippen LogP contribution in [-0.4, -0.2) is 50.9 Å². The summed E-state index contributed by atoms with van der Waals surface area (Å²) in [6.07, 6.45) is 3.34. The predicted molar refractivity (Wildman–Crippen MR) is 135 cm³/mol. The Balaban J connectivity index is 1.01. The van der Waals surface area contributed by atoms with Gasteiger partial charge in [-0.1, -0.05) is 54.2 Å². The number of rotatable bonds is 9. The largest absolute Gasteiger partial charge is 0.416 e. The van der Waals surface area contributed by atoms with Crippen molar-refractivity contribution in [2.75, 3.05) is 18.8 Å². The molecule has 3 heterocycles. The number of benzene rings is 2. The van der Waals surface area contributed by atoms with Gasteiger partial charge in [0.2, 0.25) is 11.8 Å². The maximum atomic E-state index is 12.4. The van der Waals surface area contributed by atoms with E-state index in [0.29, 0.717) is 17.5 Å². The predicted octanol–water partition coefficient (Wildman–Crippen LogP) is 4.34. The Morgan fingerprint density at radius 1 is 1.06 bits per heavy atom. The Morgan fingerprint density at radius 3 is 2.68 bits per heavy atom. The lowest BCUT2D eigenvalue weighted by atomic mass is 10.0. The first-order chi connectivity index (χ1) is 16.7. The molecule has 0 atom stereocenters. The molecule has 1 N–H and O–H groups in total. The number of aromatic nitrogens is 3. The van der Waals surface area contributed by atoms with Gasteiger partial charge in [-0.05, 0) is 30.5 Å². The van der Waals surface area contributed by atoms with Crippen LogP contribution in [-0.2, 0) is 24.2 Å². The van der Waals surface area contributed by atoms with Crippen LogP contribution < -0.4 is 5.32 Å². The molecule has 0 radical (unpaired) electrons. The van der Waals surface area contributed by atoms with Crippen molar-refractivity contribution in [2.24, 2.45) is 0 Å². The van der Waals surface area contributed by atoms with E-state index < -0.39 is 0 Å². The second-order valence-corrected chi connectivity index (χ2v) is 10.5. The van der Waals surface area contributed by atoms with Gasteiger partial charge in [-0.15, -0.1) is 21.5 Å². The number of hydrogen-bond donors (Lipinski definition) is 1. The van der Waals surface area contributed by atoms with Crippen LogP contribution >= 0.6 is 23.1 Å². The van der Waals surface area contributed by atoms with Crippen LogP contribution in [0.1, 0.15) is 29.3 Å². The van der Waals surface area contributed by atoms with Gasteiger partial charge >= 0.3 is 0 Å². The first-order valence-electron chi connectivity index (χ1n) is 11.6. The van der Waals surface area contributed by atoms with Crippen LogP contribution in [0.2, 0.25) is 0 Å². The molecule has 0 saturated carbocycles. The number of nitrogens with one attached hydrogen (secondary N) is 1. The Bertz CT molecular complexity index is 1190. The number of para-hydroxylation sites is 1. The molecule has 1 saturated heterocycles. The van der Waals surface area contributed by atoms with Crippen molar-refractivity contribution < 1.29 is 9.21 Å². The lowest BCUT2D eigenvalue weighted by Crippen LogP contribution is -2.44. The van der Waals surface area contributed by atoms with Crippen LogP contribution in [0.4, 0.5) is 0 Å². The van der Waals surface area contributed by atoms with Gasteiger partial charge in [0, 0.05) is 38.5 Å². The van der Waals surface area contributed by atoms with Crippen LogP contribution in [0.3, 0.4) is 0 Å². The third kappa shape index (κ3) is 6.22. The summed E-state index contributed by atoms with van der Waals surface area (Å²) in [5, 5.41) is 12.9. The van der Waals surface area contributed by atoms with Crippen LogP contribution in [0, 0.1) is 0 Å². The summed E-state index contributed by atoms with van der Waals surface area (Å²) in [7, 11) is 0. The molecule has 34 heavy (non-hydrogen) atoms. The number of carbonyl (C=O) groups is 1. The average Bonchev–Trinajstić information content (AvgIpc) is 3.50. The molecule has 1 aliphatic rings. The van der Waals surface area contributed by atoms with Crippen LogP contribution in [0.5, 0.6) is 0 Å². The van der Waals surface area contributed by atoms with Crippen molar-refractivity contribution in [3.63, 3.8) is 0 Å². The van der Waals surface area contributed by atoms with E-state index in [9.17, 15) is 4.79 Å². The molecule has 0 unspecified atom stereocenters. The standard InChI is InChI=1S/C25H27N5O2S2/c31-22(26-19-12-14-30(15-13-19)16-18-6-2-1-3-7-18)17-33-25-29-28-23(32-25)10-11-24-27-20-8-4-5-9-21(20)34-24/h1-9,19H,10-17H2,(H,26,31). The Hall–Kier alpha value is -2.75. The minimum atomic E-state index is 0.0146. The summed E-state index contributed by atoms with van der Waals surface area (Å²) in [4.78, 5) is 19.5. The first kappa shape index (κ1) is 23.0. The summed E-state index contributed by atoms with van der Waals surface area (Å²) in [5.41, 5.74) is 2.36. The molecular formula is C25H27N5O2S2. The Morgan fingerprint density at radius 2 is 1.85 bits per heavy atom. The first-order valence-corrected chi connectivity index (χ1v) is 13.4. The average molecular weight is 494 g/mol. The highest BCUT2D eigenvalue weighted by atomic mass is 32.2. The normalized spacial score (nSPS) is 15.1. The van der Waals surface area contributed by atoms with Gasteiger partial charge in [-0.25, -0.2) is 4.98 Å². The van der Waals surface area contributed by atoms with Crippen molar-refractivity contribution in [1.82, 2.24) is 25.4 Å². The van der Waals surface area contributed by atoms with Crippen molar-refractivity contribution in [1.29, 1.82) is 0 Å². The van der Waals surface area contributed by atoms with Crippen molar-refractivity contribution in [3.05, 3.63) is 71.1 Å². The summed E-state index contributed by atoms with van der Waals surface area (Å²) < 4.78 is 6.91. The molecule has 1 amide bonds. The molecule has 1 aliphatic heterocycles. The fraction of sp³-hybridized carbons (Fsp3) is 0.360. The number of carbonyl (C=O) groups excluding carboxylic acids is 1. The molecule has 176 valence electrons. The molecule has 0 bridgehead atoms. The second kappa shape index (κ2) is 11.1. The van der Waals surface area contributed by atoms with Crippen LogP contribution in [0.25, 0.3) is 10.2 Å². The van der Waals surface area contributed by atoms with E-state index in [-0.39, 0.29) is 17.7 Å². The van der Waals surface area contributed by atoms with Gasteiger partial charge in [0.25, 0.3) is 5.22 Å². The van der Waals surface area contributed by atoms with Crippen molar-refractivity contribution in [2.45, 2.75) is 43.5 Å². The van der Waals surface area contributed by atoms with E-state index in [2.05, 4.69) is 55.7 Å². The van der Waals surface area contributed by atoms with Gasteiger partial charge in [0.05, 0.1) is 21.0 Å². The summed E-state index contributed by atoms with van der Waals surface area (Å²) in [5.74, 6) is 0.873. The van der Waals surface area contributed by atoms with Crippen molar-refractivity contribution in [3.8, 4) is 0 Å². The lowest BCUT2D eigenvalue weighted by Gasteiger charge is -2.32. The number of thioether (sulfide) groups is 1. The molecule has 9 heteroatoms. The van der Waals surface area contributed by atoms with E-state index >= 15 is 0 Å². The monoisotopic (exact) mass is 493 g/mol. The molecule has 5 rings (SSSR count). The Labute approximate surface area is 207 Å². The smallest absolute Gasteiger partial charge is 0.277 e. The zero-order chi connectivity index (χ0) is 23.2. The van der Waals surface area contributed by atoms with Gasteiger partial charge in [0.1, 0.15) is 0 Å². The number of likely N-dealkylation sites (tertiary alicyclic amines) is 1. The summed E-state index contributed by atoms with van der Waals surface area (Å²) in [6.45, 7) is 2.96. The number of aryl methyl sites for hydroxylation is 2. The number of hydrogen-bond acceptors (Lipinski definition) is 8. The summed E-state index contributed by atoms with van der Waals surface area (Å²) >= 11 is 2.98. The van der Waals surface area contributed by atoms with E-state index in [1.165, 1.54) is 22.0 Å². The highest BCUT2D eigenvalue weighted by Gasteiger charge is 2.21. The summed E-state index contributed by atoms with van der Waals surface area (Å²) in [6, 6.07) is 18.9. The molecule has 7 nitrogen and oxygen atoms in total. The molecule has 1 fully saturated rings. The number of amides is 1. The van der Waals surface area contributed by atoms with E-state index in [4.69, 9.17) is 4.42 Å². The minimum absolute atomic E-state index is 0.0146. The molecule has 2 aromatic carbocycles. The minimum Gasteiger partial charge on any atom is -0.416 e. The highest BCUT2D eigenvalue weighted by Crippen LogP contribution is 2.23. The molecule has 0 spiro atoms. The lowest BCUT2D eigenvalue weighted by molar-refractivity contribution is -0.119. The van der Waals surface area contributed by atoms with E-state index in [1.807, 2.05) is 24.3 Å². The van der Waals surface area contributed by atoms with Gasteiger partial charge in [-0.3, -0.25) is 9.69 Å². The maximum absolute atomic E-state index is 12.4. The Kier molecular flexibility index (Phi) is 7.52. The third-order valence-electron chi connectivity index (χ3n) is 5.87. The topological polar surface area (TPSA) is 84.1 Å². The highest BCUT2D eigenvalue weighted by molar-refractivity contribution is 7.99. The van der Waals surface area contributed by atoms with Gasteiger partial charge in [0.15, 0.2) is 0 Å². The number of piperidine rings is 1. The quantitative estimate of drug-likeness (QED) is 0.347. The maximum Gasteiger partial charge on any atom is 0.277 e.